The van der Waals surface area contributed by atoms with E-state index in [0.717, 1.165) is 16.6 Å². The van der Waals surface area contributed by atoms with Gasteiger partial charge in [0.05, 0.1) is 0 Å². The molecule has 5 nitrogen and oxygen atoms in total. The second-order valence-corrected chi connectivity index (χ2v) is 4.67. The molecule has 5 heteroatoms. The Hall–Kier alpha value is -2.95. The van der Waals surface area contributed by atoms with Crippen molar-refractivity contribution in [1.29, 1.82) is 5.41 Å². The quantitative estimate of drug-likeness (QED) is 0.569. The lowest BCUT2D eigenvalue weighted by Crippen LogP contribution is -2.12. The van der Waals surface area contributed by atoms with Crippen LogP contribution >= 0.6 is 0 Å². The van der Waals surface area contributed by atoms with Crippen molar-refractivity contribution < 1.29 is 4.74 Å². The standard InChI is InChI=1S/C16H14N4O/c1-10-5-6-11-3-2-4-14(15(11)20-10)21-12-7-8-19-13(9-12)16(17)18/h2-9H,1H3,(H3,17,18). The summed E-state index contributed by atoms with van der Waals surface area (Å²) >= 11 is 0. The molecule has 3 rings (SSSR count). The van der Waals surface area contributed by atoms with Crippen molar-refractivity contribution in [2.75, 3.05) is 0 Å². The molecule has 0 aliphatic heterocycles. The maximum Gasteiger partial charge on any atom is 0.153 e. The summed E-state index contributed by atoms with van der Waals surface area (Å²) in [6.45, 7) is 1.94. The molecule has 0 amide bonds. The fourth-order valence-electron chi connectivity index (χ4n) is 2.05. The lowest BCUT2D eigenvalue weighted by molar-refractivity contribution is 0.486. The number of benzene rings is 1. The minimum Gasteiger partial charge on any atom is -0.455 e. The molecule has 0 unspecified atom stereocenters. The molecule has 0 fully saturated rings. The lowest BCUT2D eigenvalue weighted by Gasteiger charge is -2.09. The summed E-state index contributed by atoms with van der Waals surface area (Å²) in [5.41, 5.74) is 7.56. The molecule has 0 saturated heterocycles. The highest BCUT2D eigenvalue weighted by atomic mass is 16.5. The highest BCUT2D eigenvalue weighted by molar-refractivity contribution is 5.93. The first kappa shape index (κ1) is 13.1. The van der Waals surface area contributed by atoms with Gasteiger partial charge in [0.15, 0.2) is 5.75 Å². The number of pyridine rings is 2. The van der Waals surface area contributed by atoms with Crippen LogP contribution in [0.2, 0.25) is 0 Å². The largest absolute Gasteiger partial charge is 0.455 e. The average Bonchev–Trinajstić information content (AvgIpc) is 2.48. The van der Waals surface area contributed by atoms with Crippen LogP contribution in [-0.4, -0.2) is 15.8 Å². The fraction of sp³-hybridized carbons (Fsp3) is 0.0625. The van der Waals surface area contributed by atoms with Crippen LogP contribution in [0.3, 0.4) is 0 Å². The van der Waals surface area contributed by atoms with E-state index in [-0.39, 0.29) is 5.84 Å². The molecule has 0 aliphatic rings. The zero-order valence-electron chi connectivity index (χ0n) is 11.5. The van der Waals surface area contributed by atoms with Crippen LogP contribution in [0.4, 0.5) is 0 Å². The third-order valence-corrected chi connectivity index (χ3v) is 3.06. The van der Waals surface area contributed by atoms with E-state index in [4.69, 9.17) is 15.9 Å². The van der Waals surface area contributed by atoms with E-state index in [1.807, 2.05) is 37.3 Å². The number of ether oxygens (including phenoxy) is 1. The van der Waals surface area contributed by atoms with Gasteiger partial charge in [0.25, 0.3) is 0 Å². The van der Waals surface area contributed by atoms with E-state index < -0.39 is 0 Å². The summed E-state index contributed by atoms with van der Waals surface area (Å²) in [6.07, 6.45) is 1.57. The summed E-state index contributed by atoms with van der Waals surface area (Å²) in [7, 11) is 0. The molecule has 0 aliphatic carbocycles. The van der Waals surface area contributed by atoms with Crippen molar-refractivity contribution in [2.45, 2.75) is 6.92 Å². The van der Waals surface area contributed by atoms with E-state index in [1.54, 1.807) is 18.3 Å². The van der Waals surface area contributed by atoms with Gasteiger partial charge in [-0.05, 0) is 25.1 Å². The average molecular weight is 278 g/mol. The molecule has 104 valence electrons. The number of nitrogens with one attached hydrogen (secondary N) is 1. The van der Waals surface area contributed by atoms with Gasteiger partial charge in [0.2, 0.25) is 0 Å². The number of aryl methyl sites for hydroxylation is 1. The number of aromatic nitrogens is 2. The van der Waals surface area contributed by atoms with E-state index in [1.165, 1.54) is 0 Å². The van der Waals surface area contributed by atoms with Gasteiger partial charge in [-0.2, -0.15) is 0 Å². The summed E-state index contributed by atoms with van der Waals surface area (Å²) < 4.78 is 5.88. The van der Waals surface area contributed by atoms with Crippen molar-refractivity contribution in [3.05, 3.63) is 60.0 Å². The van der Waals surface area contributed by atoms with Gasteiger partial charge >= 0.3 is 0 Å². The topological polar surface area (TPSA) is 84.9 Å². The van der Waals surface area contributed by atoms with Gasteiger partial charge in [-0.25, -0.2) is 4.98 Å². The highest BCUT2D eigenvalue weighted by Crippen LogP contribution is 2.28. The van der Waals surface area contributed by atoms with E-state index in [0.29, 0.717) is 17.2 Å². The Kier molecular flexibility index (Phi) is 3.23. The Morgan fingerprint density at radius 1 is 1.19 bits per heavy atom. The Morgan fingerprint density at radius 3 is 2.86 bits per heavy atom. The maximum absolute atomic E-state index is 7.42. The molecule has 3 aromatic rings. The normalized spacial score (nSPS) is 10.5. The van der Waals surface area contributed by atoms with Crippen molar-refractivity contribution in [3.8, 4) is 11.5 Å². The highest BCUT2D eigenvalue weighted by Gasteiger charge is 2.07. The molecule has 2 heterocycles. The summed E-state index contributed by atoms with van der Waals surface area (Å²) in [5, 5.41) is 8.43. The van der Waals surface area contributed by atoms with Gasteiger partial charge in [-0.1, -0.05) is 18.2 Å². The van der Waals surface area contributed by atoms with Crippen molar-refractivity contribution in [3.63, 3.8) is 0 Å². The molecule has 0 spiro atoms. The van der Waals surface area contributed by atoms with E-state index in [2.05, 4.69) is 9.97 Å². The van der Waals surface area contributed by atoms with Crippen molar-refractivity contribution >= 4 is 16.7 Å². The number of nitrogens with zero attached hydrogens (tertiary/aromatic N) is 2. The summed E-state index contributed by atoms with van der Waals surface area (Å²) in [6, 6.07) is 13.1. The molecule has 2 aromatic heterocycles. The third kappa shape index (κ3) is 2.67. The monoisotopic (exact) mass is 278 g/mol. The Balaban J connectivity index is 2.04. The predicted molar refractivity (Wildman–Crippen MR) is 81.8 cm³/mol. The fourth-order valence-corrected chi connectivity index (χ4v) is 2.05. The van der Waals surface area contributed by atoms with E-state index >= 15 is 0 Å². The molecule has 3 N–H and O–H groups in total. The van der Waals surface area contributed by atoms with Crippen LogP contribution < -0.4 is 10.5 Å². The minimum absolute atomic E-state index is 0.0904. The molecule has 0 radical (unpaired) electrons. The Morgan fingerprint density at radius 2 is 2.05 bits per heavy atom. The molecule has 0 atom stereocenters. The summed E-state index contributed by atoms with van der Waals surface area (Å²) in [5.74, 6) is 1.15. The number of nitrogen functional groups attached to an aromatic ring is 1. The van der Waals surface area contributed by atoms with Crippen molar-refractivity contribution in [1.82, 2.24) is 9.97 Å². The molecular weight excluding hydrogens is 264 g/mol. The lowest BCUT2D eigenvalue weighted by atomic mass is 10.2. The van der Waals surface area contributed by atoms with Gasteiger partial charge in [0.1, 0.15) is 22.8 Å². The second kappa shape index (κ2) is 5.20. The SMILES string of the molecule is Cc1ccc2cccc(Oc3ccnc(C(=N)N)c3)c2n1. The van der Waals surface area contributed by atoms with Gasteiger partial charge in [0, 0.05) is 23.3 Å². The Bertz CT molecular complexity index is 829. The molecule has 1 aromatic carbocycles. The van der Waals surface area contributed by atoms with Gasteiger partial charge < -0.3 is 10.5 Å². The number of amidine groups is 1. The first-order chi connectivity index (χ1) is 10.1. The Labute approximate surface area is 121 Å². The number of hydrogen-bond donors (Lipinski definition) is 2. The first-order valence-electron chi connectivity index (χ1n) is 6.48. The number of nitrogens with two attached hydrogens (primary N) is 1. The molecule has 0 saturated carbocycles. The van der Waals surface area contributed by atoms with Crippen LogP contribution in [0.15, 0.2) is 48.7 Å². The predicted octanol–water partition coefficient (Wildman–Crippen LogP) is 3.01. The van der Waals surface area contributed by atoms with Gasteiger partial charge in [-0.3, -0.25) is 10.4 Å². The zero-order valence-corrected chi connectivity index (χ0v) is 11.5. The minimum atomic E-state index is -0.0904. The summed E-state index contributed by atoms with van der Waals surface area (Å²) in [4.78, 5) is 8.53. The smallest absolute Gasteiger partial charge is 0.153 e. The van der Waals surface area contributed by atoms with Crippen LogP contribution in [0, 0.1) is 12.3 Å². The molecule has 0 bridgehead atoms. The van der Waals surface area contributed by atoms with Gasteiger partial charge in [-0.15, -0.1) is 0 Å². The number of hydrogen-bond acceptors (Lipinski definition) is 4. The number of fused-ring (bicyclic) bond motifs is 1. The van der Waals surface area contributed by atoms with Crippen LogP contribution in [0.25, 0.3) is 10.9 Å². The number of para-hydroxylation sites is 1. The van der Waals surface area contributed by atoms with Crippen LogP contribution in [-0.2, 0) is 0 Å². The maximum atomic E-state index is 7.42. The van der Waals surface area contributed by atoms with Crippen LogP contribution in [0.5, 0.6) is 11.5 Å². The van der Waals surface area contributed by atoms with Crippen LogP contribution in [0.1, 0.15) is 11.4 Å². The molecular formula is C16H14N4O. The van der Waals surface area contributed by atoms with E-state index in [9.17, 15) is 0 Å². The van der Waals surface area contributed by atoms with Crippen molar-refractivity contribution in [2.24, 2.45) is 5.73 Å². The number of rotatable bonds is 3. The first-order valence-corrected chi connectivity index (χ1v) is 6.48. The third-order valence-electron chi connectivity index (χ3n) is 3.06. The molecule has 21 heavy (non-hydrogen) atoms. The second-order valence-electron chi connectivity index (χ2n) is 4.67. The zero-order chi connectivity index (χ0) is 14.8.